The molecule has 0 aliphatic rings. The van der Waals surface area contributed by atoms with E-state index < -0.39 is 0 Å². The minimum absolute atomic E-state index is 0.759. The number of methoxy groups -OCH3 is 1. The lowest BCUT2D eigenvalue weighted by molar-refractivity contribution is 0.393. The minimum Gasteiger partial charge on any atom is -0.482 e. The predicted octanol–water partition coefficient (Wildman–Crippen LogP) is 4.13. The Bertz CT molecular complexity index is 914. The first-order valence-corrected chi connectivity index (χ1v) is 7.71. The number of imidazole rings is 1. The third-order valence-electron chi connectivity index (χ3n) is 3.62. The molecule has 22 heavy (non-hydrogen) atoms. The molecule has 0 aliphatic carbocycles. The van der Waals surface area contributed by atoms with Gasteiger partial charge < -0.3 is 4.74 Å². The summed E-state index contributed by atoms with van der Waals surface area (Å²) in [6.07, 6.45) is 3.70. The van der Waals surface area contributed by atoms with Crippen LogP contribution in [-0.4, -0.2) is 20.9 Å². The van der Waals surface area contributed by atoms with Crippen LogP contribution < -0.4 is 4.74 Å². The molecule has 3 aromatic heterocycles. The van der Waals surface area contributed by atoms with Crippen molar-refractivity contribution in [3.63, 3.8) is 0 Å². The fourth-order valence-corrected chi connectivity index (χ4v) is 3.09. The first-order chi connectivity index (χ1) is 10.9. The van der Waals surface area contributed by atoms with Gasteiger partial charge in [0.05, 0.1) is 25.2 Å². The molecule has 0 fully saturated rings. The maximum atomic E-state index is 5.59. The molecule has 0 bridgehead atoms. The van der Waals surface area contributed by atoms with Crippen molar-refractivity contribution in [1.29, 1.82) is 0 Å². The van der Waals surface area contributed by atoms with E-state index in [1.807, 2.05) is 46.4 Å². The fourth-order valence-electron chi connectivity index (χ4n) is 2.56. The summed E-state index contributed by atoms with van der Waals surface area (Å²) in [5.74, 6) is 0.759. The Morgan fingerprint density at radius 2 is 1.86 bits per heavy atom. The molecule has 0 saturated heterocycles. The van der Waals surface area contributed by atoms with Crippen LogP contribution in [0.1, 0.15) is 0 Å². The number of rotatable bonds is 3. The van der Waals surface area contributed by atoms with Gasteiger partial charge in [-0.3, -0.25) is 4.40 Å². The SMILES string of the molecule is COc1cc(-c2ccccc2)cc2ncc(-c3cnsc3)n12. The molecule has 0 saturated carbocycles. The third-order valence-corrected chi connectivity index (χ3v) is 4.20. The van der Waals surface area contributed by atoms with Crippen LogP contribution in [0, 0.1) is 0 Å². The van der Waals surface area contributed by atoms with Crippen LogP contribution in [0.25, 0.3) is 28.0 Å². The van der Waals surface area contributed by atoms with Gasteiger partial charge in [-0.05, 0) is 28.7 Å². The smallest absolute Gasteiger partial charge is 0.200 e. The molecule has 0 spiro atoms. The number of benzene rings is 1. The van der Waals surface area contributed by atoms with Gasteiger partial charge in [-0.2, -0.15) is 0 Å². The Morgan fingerprint density at radius 3 is 2.59 bits per heavy atom. The molecule has 1 aromatic carbocycles. The molecule has 4 nitrogen and oxygen atoms in total. The maximum Gasteiger partial charge on any atom is 0.200 e. The van der Waals surface area contributed by atoms with Crippen molar-refractivity contribution < 1.29 is 4.74 Å². The van der Waals surface area contributed by atoms with Crippen LogP contribution in [0.4, 0.5) is 0 Å². The summed E-state index contributed by atoms with van der Waals surface area (Å²) >= 11 is 1.43. The van der Waals surface area contributed by atoms with Crippen LogP contribution in [0.5, 0.6) is 5.88 Å². The van der Waals surface area contributed by atoms with Crippen molar-refractivity contribution in [2.75, 3.05) is 7.11 Å². The Balaban J connectivity index is 1.96. The van der Waals surface area contributed by atoms with E-state index in [0.29, 0.717) is 0 Å². The lowest BCUT2D eigenvalue weighted by atomic mass is 10.1. The number of nitrogens with zero attached hydrogens (tertiary/aromatic N) is 3. The number of pyridine rings is 1. The van der Waals surface area contributed by atoms with Crippen LogP contribution in [0.15, 0.2) is 60.2 Å². The highest BCUT2D eigenvalue weighted by molar-refractivity contribution is 7.03. The van der Waals surface area contributed by atoms with Crippen LogP contribution in [0.3, 0.4) is 0 Å². The van der Waals surface area contributed by atoms with Gasteiger partial charge in [-0.15, -0.1) is 0 Å². The molecule has 3 heterocycles. The summed E-state index contributed by atoms with van der Waals surface area (Å²) in [4.78, 5) is 4.53. The first-order valence-electron chi connectivity index (χ1n) is 6.87. The van der Waals surface area contributed by atoms with E-state index in [2.05, 4.69) is 27.6 Å². The largest absolute Gasteiger partial charge is 0.482 e. The zero-order chi connectivity index (χ0) is 14.9. The minimum atomic E-state index is 0.759. The molecule has 0 amide bonds. The molecule has 4 aromatic rings. The van der Waals surface area contributed by atoms with Gasteiger partial charge in [-0.25, -0.2) is 9.36 Å². The van der Waals surface area contributed by atoms with Crippen LogP contribution >= 0.6 is 11.5 Å². The highest BCUT2D eigenvalue weighted by Crippen LogP contribution is 2.31. The van der Waals surface area contributed by atoms with E-state index in [9.17, 15) is 0 Å². The average molecular weight is 307 g/mol. The van der Waals surface area contributed by atoms with E-state index in [1.165, 1.54) is 11.5 Å². The standard InChI is InChI=1S/C17H13N3OS/c1-21-17-8-13(12-5-3-2-4-6-12)7-16-18-10-15(20(16)17)14-9-19-22-11-14/h2-11H,1H3. The normalized spacial score (nSPS) is 11.0. The summed E-state index contributed by atoms with van der Waals surface area (Å²) in [6.45, 7) is 0. The van der Waals surface area contributed by atoms with Gasteiger partial charge in [0.15, 0.2) is 5.88 Å². The molecular weight excluding hydrogens is 294 g/mol. The summed E-state index contributed by atoms with van der Waals surface area (Å²) in [7, 11) is 1.68. The van der Waals surface area contributed by atoms with Gasteiger partial charge >= 0.3 is 0 Å². The van der Waals surface area contributed by atoms with E-state index in [0.717, 1.165) is 33.9 Å². The summed E-state index contributed by atoms with van der Waals surface area (Å²) < 4.78 is 11.8. The number of hydrogen-bond acceptors (Lipinski definition) is 4. The Hall–Kier alpha value is -2.66. The predicted molar refractivity (Wildman–Crippen MR) is 88.3 cm³/mol. The van der Waals surface area contributed by atoms with Gasteiger partial charge in [0.1, 0.15) is 5.65 Å². The second kappa shape index (κ2) is 5.27. The maximum absolute atomic E-state index is 5.59. The molecule has 0 aliphatic heterocycles. The van der Waals surface area contributed by atoms with Crippen molar-refractivity contribution in [3.8, 4) is 28.3 Å². The Kier molecular flexibility index (Phi) is 3.12. The van der Waals surface area contributed by atoms with Gasteiger partial charge in [0, 0.05) is 17.0 Å². The summed E-state index contributed by atoms with van der Waals surface area (Å²) in [5.41, 5.74) is 5.12. The van der Waals surface area contributed by atoms with Crippen molar-refractivity contribution in [3.05, 3.63) is 60.2 Å². The van der Waals surface area contributed by atoms with Gasteiger partial charge in [-0.1, -0.05) is 30.3 Å². The number of fused-ring (bicyclic) bond motifs is 1. The summed E-state index contributed by atoms with van der Waals surface area (Å²) in [6, 6.07) is 14.3. The Labute approximate surface area is 131 Å². The van der Waals surface area contributed by atoms with Crippen molar-refractivity contribution in [2.45, 2.75) is 0 Å². The van der Waals surface area contributed by atoms with Crippen molar-refractivity contribution in [2.24, 2.45) is 0 Å². The second-order valence-electron chi connectivity index (χ2n) is 4.90. The van der Waals surface area contributed by atoms with Crippen molar-refractivity contribution in [1.82, 2.24) is 13.8 Å². The molecule has 0 atom stereocenters. The highest BCUT2D eigenvalue weighted by atomic mass is 32.1. The number of ether oxygens (including phenoxy) is 1. The highest BCUT2D eigenvalue weighted by Gasteiger charge is 2.13. The molecule has 0 unspecified atom stereocenters. The van der Waals surface area contributed by atoms with E-state index in [-0.39, 0.29) is 0 Å². The molecule has 0 radical (unpaired) electrons. The molecule has 4 rings (SSSR count). The average Bonchev–Trinajstić information content (AvgIpc) is 3.23. The number of aromatic nitrogens is 3. The van der Waals surface area contributed by atoms with Crippen LogP contribution in [-0.2, 0) is 0 Å². The van der Waals surface area contributed by atoms with Gasteiger partial charge in [0.2, 0.25) is 0 Å². The Morgan fingerprint density at radius 1 is 1.00 bits per heavy atom. The first kappa shape index (κ1) is 13.0. The van der Waals surface area contributed by atoms with Crippen molar-refractivity contribution >= 4 is 17.2 Å². The molecule has 108 valence electrons. The fraction of sp³-hybridized carbons (Fsp3) is 0.0588. The van der Waals surface area contributed by atoms with Crippen LogP contribution in [0.2, 0.25) is 0 Å². The quantitative estimate of drug-likeness (QED) is 0.571. The van der Waals surface area contributed by atoms with E-state index in [1.54, 1.807) is 7.11 Å². The van der Waals surface area contributed by atoms with E-state index in [4.69, 9.17) is 4.74 Å². The van der Waals surface area contributed by atoms with Gasteiger partial charge in [0.25, 0.3) is 0 Å². The third kappa shape index (κ3) is 2.07. The van der Waals surface area contributed by atoms with E-state index >= 15 is 0 Å². The number of hydrogen-bond donors (Lipinski definition) is 0. The molecular formula is C17H13N3OS. The topological polar surface area (TPSA) is 39.4 Å². The zero-order valence-corrected chi connectivity index (χ0v) is 12.7. The monoisotopic (exact) mass is 307 g/mol. The summed E-state index contributed by atoms with van der Waals surface area (Å²) in [5, 5.41) is 2.01. The lowest BCUT2D eigenvalue weighted by Crippen LogP contribution is -1.96. The molecule has 0 N–H and O–H groups in total. The second-order valence-corrected chi connectivity index (χ2v) is 5.56. The zero-order valence-electron chi connectivity index (χ0n) is 11.9. The molecule has 5 heteroatoms. The lowest BCUT2D eigenvalue weighted by Gasteiger charge is -2.10.